The summed E-state index contributed by atoms with van der Waals surface area (Å²) in [4.78, 5) is 2.59. The summed E-state index contributed by atoms with van der Waals surface area (Å²) in [5.74, 6) is 0.750. The van der Waals surface area contributed by atoms with Crippen molar-refractivity contribution in [1.82, 2.24) is 4.90 Å². The monoisotopic (exact) mass is 284 g/mol. The van der Waals surface area contributed by atoms with E-state index in [0.29, 0.717) is 11.5 Å². The van der Waals surface area contributed by atoms with E-state index in [1.54, 1.807) is 0 Å². The molecule has 1 heterocycles. The fraction of sp³-hybridized carbons (Fsp3) is 1.00. The number of likely N-dealkylation sites (tertiary alicyclic amines) is 1. The number of rotatable bonds is 8. The number of ether oxygens (including phenoxy) is 1. The van der Waals surface area contributed by atoms with Crippen molar-refractivity contribution < 1.29 is 4.74 Å². The summed E-state index contributed by atoms with van der Waals surface area (Å²) < 4.78 is 5.78. The third-order valence-electron chi connectivity index (χ3n) is 4.63. The Balaban J connectivity index is 2.28. The van der Waals surface area contributed by atoms with Gasteiger partial charge in [0.15, 0.2) is 0 Å². The van der Waals surface area contributed by atoms with Crippen LogP contribution in [0.1, 0.15) is 59.8 Å². The van der Waals surface area contributed by atoms with E-state index in [0.717, 1.165) is 32.0 Å². The second-order valence-corrected chi connectivity index (χ2v) is 7.30. The smallest absolute Gasteiger partial charge is 0.0702 e. The van der Waals surface area contributed by atoms with Crippen LogP contribution in [0.4, 0.5) is 0 Å². The lowest BCUT2D eigenvalue weighted by atomic mass is 9.76. The Morgan fingerprint density at radius 2 is 2.05 bits per heavy atom. The second-order valence-electron chi connectivity index (χ2n) is 7.30. The molecular formula is C17H36N2O. The van der Waals surface area contributed by atoms with Crippen LogP contribution in [0.15, 0.2) is 0 Å². The molecule has 120 valence electrons. The van der Waals surface area contributed by atoms with Crippen LogP contribution in [0.5, 0.6) is 0 Å². The lowest BCUT2D eigenvalue weighted by Crippen LogP contribution is -2.40. The first-order chi connectivity index (χ1) is 9.47. The summed E-state index contributed by atoms with van der Waals surface area (Å²) in [6.45, 7) is 14.4. The zero-order chi connectivity index (χ0) is 15.0. The molecule has 2 N–H and O–H groups in total. The second kappa shape index (κ2) is 9.01. The molecule has 1 aliphatic rings. The summed E-state index contributed by atoms with van der Waals surface area (Å²) in [5, 5.41) is 0. The lowest BCUT2D eigenvalue weighted by molar-refractivity contribution is 0.00491. The van der Waals surface area contributed by atoms with E-state index < -0.39 is 0 Å². The molecule has 0 amide bonds. The minimum Gasteiger partial charge on any atom is -0.377 e. The number of hydrogen-bond acceptors (Lipinski definition) is 3. The molecule has 0 aliphatic carbocycles. The topological polar surface area (TPSA) is 38.5 Å². The number of piperidine rings is 1. The average molecular weight is 284 g/mol. The Bertz CT molecular complexity index is 248. The van der Waals surface area contributed by atoms with Gasteiger partial charge in [-0.05, 0) is 70.0 Å². The maximum atomic E-state index is 5.78. The molecule has 2 atom stereocenters. The van der Waals surface area contributed by atoms with Gasteiger partial charge in [-0.1, -0.05) is 20.8 Å². The van der Waals surface area contributed by atoms with Crippen molar-refractivity contribution in [2.45, 2.75) is 65.9 Å². The van der Waals surface area contributed by atoms with E-state index in [1.807, 2.05) is 0 Å². The summed E-state index contributed by atoms with van der Waals surface area (Å²) in [7, 11) is 0. The number of nitrogens with two attached hydrogens (primary N) is 1. The van der Waals surface area contributed by atoms with Crippen LogP contribution in [0.2, 0.25) is 0 Å². The fourth-order valence-electron chi connectivity index (χ4n) is 3.36. The molecule has 0 aromatic rings. The van der Waals surface area contributed by atoms with Crippen LogP contribution in [-0.4, -0.2) is 43.8 Å². The predicted octanol–water partition coefficient (Wildman–Crippen LogP) is 3.28. The highest BCUT2D eigenvalue weighted by Crippen LogP contribution is 2.32. The number of hydrogen-bond donors (Lipinski definition) is 1. The Morgan fingerprint density at radius 1 is 1.30 bits per heavy atom. The van der Waals surface area contributed by atoms with Crippen LogP contribution in [0.3, 0.4) is 0 Å². The molecule has 1 rings (SSSR count). The summed E-state index contributed by atoms with van der Waals surface area (Å²) in [5.41, 5.74) is 6.15. The van der Waals surface area contributed by atoms with Crippen molar-refractivity contribution >= 4 is 0 Å². The first kappa shape index (κ1) is 17.9. The Kier molecular flexibility index (Phi) is 8.08. The van der Waals surface area contributed by atoms with Crippen LogP contribution >= 0.6 is 0 Å². The highest BCUT2D eigenvalue weighted by atomic mass is 16.5. The highest BCUT2D eigenvalue weighted by Gasteiger charge is 2.24. The normalized spacial score (nSPS) is 22.9. The summed E-state index contributed by atoms with van der Waals surface area (Å²) in [6.07, 6.45) is 6.75. The maximum Gasteiger partial charge on any atom is 0.0702 e. The highest BCUT2D eigenvalue weighted by molar-refractivity contribution is 4.77. The molecule has 1 fully saturated rings. The van der Waals surface area contributed by atoms with Gasteiger partial charge in [0.25, 0.3) is 0 Å². The van der Waals surface area contributed by atoms with Gasteiger partial charge in [0.05, 0.1) is 6.10 Å². The fourth-order valence-corrected chi connectivity index (χ4v) is 3.36. The van der Waals surface area contributed by atoms with Gasteiger partial charge < -0.3 is 15.4 Å². The van der Waals surface area contributed by atoms with Gasteiger partial charge in [-0.3, -0.25) is 0 Å². The van der Waals surface area contributed by atoms with Crippen molar-refractivity contribution in [1.29, 1.82) is 0 Å². The van der Waals surface area contributed by atoms with Gasteiger partial charge in [0, 0.05) is 13.2 Å². The van der Waals surface area contributed by atoms with Gasteiger partial charge in [-0.25, -0.2) is 0 Å². The molecule has 1 aliphatic heterocycles. The van der Waals surface area contributed by atoms with E-state index in [4.69, 9.17) is 10.5 Å². The molecule has 0 aromatic heterocycles. The van der Waals surface area contributed by atoms with E-state index in [1.165, 1.54) is 38.8 Å². The molecule has 20 heavy (non-hydrogen) atoms. The molecule has 0 aromatic carbocycles. The van der Waals surface area contributed by atoms with E-state index >= 15 is 0 Å². The third kappa shape index (κ3) is 6.55. The van der Waals surface area contributed by atoms with Crippen LogP contribution in [-0.2, 0) is 4.74 Å². The zero-order valence-corrected chi connectivity index (χ0v) is 14.2. The van der Waals surface area contributed by atoms with Gasteiger partial charge in [0.1, 0.15) is 0 Å². The minimum absolute atomic E-state index is 0.384. The Hall–Kier alpha value is -0.120. The molecule has 1 saturated heterocycles. The van der Waals surface area contributed by atoms with Crippen molar-refractivity contribution in [3.63, 3.8) is 0 Å². The average Bonchev–Trinajstić information content (AvgIpc) is 2.37. The Labute approximate surface area is 126 Å². The van der Waals surface area contributed by atoms with Gasteiger partial charge >= 0.3 is 0 Å². The molecule has 3 nitrogen and oxygen atoms in total. The SMILES string of the molecule is CCOC1CCCN(CCCC(CCN)C(C)(C)C)C1. The molecule has 0 saturated carbocycles. The summed E-state index contributed by atoms with van der Waals surface area (Å²) >= 11 is 0. The molecular weight excluding hydrogens is 248 g/mol. The first-order valence-electron chi connectivity index (χ1n) is 8.51. The van der Waals surface area contributed by atoms with Crippen molar-refractivity contribution in [3.05, 3.63) is 0 Å². The minimum atomic E-state index is 0.384. The maximum absolute atomic E-state index is 5.78. The molecule has 2 unspecified atom stereocenters. The lowest BCUT2D eigenvalue weighted by Gasteiger charge is -2.34. The summed E-state index contributed by atoms with van der Waals surface area (Å²) in [6, 6.07) is 0. The van der Waals surface area contributed by atoms with Crippen LogP contribution in [0, 0.1) is 11.3 Å². The van der Waals surface area contributed by atoms with Crippen LogP contribution in [0.25, 0.3) is 0 Å². The third-order valence-corrected chi connectivity index (χ3v) is 4.63. The van der Waals surface area contributed by atoms with Gasteiger partial charge in [0.2, 0.25) is 0 Å². The van der Waals surface area contributed by atoms with Crippen LogP contribution < -0.4 is 5.73 Å². The Morgan fingerprint density at radius 3 is 2.65 bits per heavy atom. The quantitative estimate of drug-likeness (QED) is 0.743. The molecule has 0 bridgehead atoms. The first-order valence-corrected chi connectivity index (χ1v) is 8.51. The largest absolute Gasteiger partial charge is 0.377 e. The van der Waals surface area contributed by atoms with Crippen molar-refractivity contribution in [3.8, 4) is 0 Å². The molecule has 0 spiro atoms. The standard InChI is InChI=1S/C17H36N2O/c1-5-20-16-9-7-13-19(14-16)12-6-8-15(10-11-18)17(2,3)4/h15-16H,5-14,18H2,1-4H3. The number of nitrogens with zero attached hydrogens (tertiary/aromatic N) is 1. The van der Waals surface area contributed by atoms with Crippen molar-refractivity contribution in [2.75, 3.05) is 32.8 Å². The van der Waals surface area contributed by atoms with E-state index in [-0.39, 0.29) is 0 Å². The van der Waals surface area contributed by atoms with Gasteiger partial charge in [-0.15, -0.1) is 0 Å². The molecule has 0 radical (unpaired) electrons. The van der Waals surface area contributed by atoms with Crippen molar-refractivity contribution in [2.24, 2.45) is 17.1 Å². The zero-order valence-electron chi connectivity index (χ0n) is 14.2. The van der Waals surface area contributed by atoms with E-state index in [9.17, 15) is 0 Å². The van der Waals surface area contributed by atoms with E-state index in [2.05, 4.69) is 32.6 Å². The molecule has 3 heteroatoms. The predicted molar refractivity (Wildman–Crippen MR) is 86.9 cm³/mol. The van der Waals surface area contributed by atoms with Gasteiger partial charge in [-0.2, -0.15) is 0 Å².